The molecule has 255 valence electrons. The van der Waals surface area contributed by atoms with E-state index in [2.05, 4.69) is 153 Å². The first-order valence-corrected chi connectivity index (χ1v) is 20.7. The van der Waals surface area contributed by atoms with E-state index in [1.165, 1.54) is 33.0 Å². The molecule has 0 saturated heterocycles. The van der Waals surface area contributed by atoms with Crippen molar-refractivity contribution >= 4 is 35.2 Å². The Hall–Kier alpha value is -4.93. The van der Waals surface area contributed by atoms with E-state index in [1.54, 1.807) is 0 Å². The summed E-state index contributed by atoms with van der Waals surface area (Å²) < 4.78 is 6.33. The number of furan rings is 1. The molecular weight excluding hydrogens is 817 g/mol. The fourth-order valence-electron chi connectivity index (χ4n) is 6.09. The maximum atomic E-state index is 6.33. The van der Waals surface area contributed by atoms with Crippen molar-refractivity contribution in [2.75, 3.05) is 0 Å². The van der Waals surface area contributed by atoms with Crippen molar-refractivity contribution in [3.8, 4) is 44.8 Å². The number of nitrogens with zero attached hydrogens (tertiary/aromatic N) is 2. The summed E-state index contributed by atoms with van der Waals surface area (Å²) in [6.45, 7) is 11.4. The van der Waals surface area contributed by atoms with Crippen molar-refractivity contribution in [1.82, 2.24) is 9.97 Å². The van der Waals surface area contributed by atoms with Crippen LogP contribution >= 0.6 is 0 Å². The molecule has 0 aliphatic carbocycles. The van der Waals surface area contributed by atoms with E-state index in [0.717, 1.165) is 44.5 Å². The molecule has 8 aromatic rings. The Morgan fingerprint density at radius 2 is 1.31 bits per heavy atom. The number of pyridine rings is 2. The van der Waals surface area contributed by atoms with Gasteiger partial charge in [-0.15, -0.1) is 54.1 Å². The van der Waals surface area contributed by atoms with Crippen molar-refractivity contribution in [3.63, 3.8) is 0 Å². The van der Waals surface area contributed by atoms with Gasteiger partial charge < -0.3 is 14.4 Å². The zero-order chi connectivity index (χ0) is 34.7. The van der Waals surface area contributed by atoms with Crippen LogP contribution in [0.4, 0.5) is 0 Å². The molecule has 0 saturated carbocycles. The number of aromatic nitrogens is 2. The Morgan fingerprint density at radius 3 is 1.98 bits per heavy atom. The Kier molecular flexibility index (Phi) is 10.9. The van der Waals surface area contributed by atoms with Gasteiger partial charge in [-0.25, -0.2) is 0 Å². The van der Waals surface area contributed by atoms with Gasteiger partial charge in [0.05, 0.1) is 13.7 Å². The quantitative estimate of drug-likeness (QED) is 0.124. The van der Waals surface area contributed by atoms with E-state index >= 15 is 0 Å². The van der Waals surface area contributed by atoms with Crippen LogP contribution in [-0.4, -0.2) is 18.0 Å². The van der Waals surface area contributed by atoms with Gasteiger partial charge >= 0.3 is 0 Å². The molecule has 0 N–H and O–H groups in total. The number of hydrogen-bond donors (Lipinski definition) is 0. The van der Waals surface area contributed by atoms with Crippen molar-refractivity contribution < 1.29 is 24.5 Å². The molecule has 3 aromatic heterocycles. The third-order valence-corrected chi connectivity index (χ3v) is 11.1. The van der Waals surface area contributed by atoms with E-state index in [0.29, 0.717) is 5.92 Å². The molecule has 0 fully saturated rings. The Labute approximate surface area is 315 Å². The van der Waals surface area contributed by atoms with Crippen molar-refractivity contribution in [2.45, 2.75) is 39.4 Å². The van der Waals surface area contributed by atoms with Crippen LogP contribution in [0, 0.1) is 12.1 Å². The molecule has 8 rings (SSSR count). The second-order valence-electron chi connectivity index (χ2n) is 13.9. The molecule has 3 heterocycles. The summed E-state index contributed by atoms with van der Waals surface area (Å²) in [4.78, 5) is 9.14. The van der Waals surface area contributed by atoms with Crippen LogP contribution in [-0.2, 0) is 20.1 Å². The van der Waals surface area contributed by atoms with Crippen LogP contribution < -0.4 is 5.19 Å². The Morgan fingerprint density at radius 1 is 0.608 bits per heavy atom. The third kappa shape index (κ3) is 8.02. The van der Waals surface area contributed by atoms with Crippen LogP contribution in [0.1, 0.15) is 25.3 Å². The van der Waals surface area contributed by atoms with Gasteiger partial charge in [0.25, 0.3) is 0 Å². The zero-order valence-corrected chi connectivity index (χ0v) is 33.0. The number of benzene rings is 5. The summed E-state index contributed by atoms with van der Waals surface area (Å²) in [6, 6.07) is 52.7. The SMILES string of the molecule is CC(C)c1ccnc(-c2[c-]ccc3c2oc2ccc(-c4ccc(-c5ccccc5)cc4)cc23)c1.C[Si](C)(C)c1ccc(-c2[c-]cccc2)nc1.[Ir]. The average Bonchev–Trinajstić information content (AvgIpc) is 3.54. The first-order valence-electron chi connectivity index (χ1n) is 17.2. The normalized spacial score (nSPS) is 11.3. The minimum absolute atomic E-state index is 0. The Bertz CT molecular complexity index is 2360. The van der Waals surface area contributed by atoms with Gasteiger partial charge in [-0.1, -0.05) is 129 Å². The van der Waals surface area contributed by atoms with Crippen molar-refractivity contribution in [2.24, 2.45) is 0 Å². The minimum atomic E-state index is -1.23. The molecule has 3 nitrogen and oxygen atoms in total. The summed E-state index contributed by atoms with van der Waals surface area (Å²) in [5.74, 6) is 0.437. The molecule has 0 aliphatic rings. The predicted molar refractivity (Wildman–Crippen MR) is 212 cm³/mol. The van der Waals surface area contributed by atoms with Crippen molar-refractivity contribution in [1.29, 1.82) is 0 Å². The van der Waals surface area contributed by atoms with Crippen LogP contribution in [0.15, 0.2) is 150 Å². The second-order valence-corrected chi connectivity index (χ2v) is 19.0. The van der Waals surface area contributed by atoms with Gasteiger partial charge in [0.15, 0.2) is 0 Å². The number of hydrogen-bond acceptors (Lipinski definition) is 3. The summed E-state index contributed by atoms with van der Waals surface area (Å²) in [5.41, 5.74) is 11.6. The van der Waals surface area contributed by atoms with Gasteiger partial charge in [-0.2, -0.15) is 0 Å². The third-order valence-electron chi connectivity index (χ3n) is 9.08. The first-order chi connectivity index (χ1) is 24.2. The van der Waals surface area contributed by atoms with Gasteiger partial charge in [0.2, 0.25) is 0 Å². The fraction of sp³-hybridized carbons (Fsp3) is 0.130. The largest absolute Gasteiger partial charge is 0.501 e. The van der Waals surface area contributed by atoms with E-state index in [9.17, 15) is 0 Å². The zero-order valence-electron chi connectivity index (χ0n) is 29.6. The maximum absolute atomic E-state index is 6.33. The summed E-state index contributed by atoms with van der Waals surface area (Å²) >= 11 is 0. The van der Waals surface area contributed by atoms with Crippen LogP contribution in [0.5, 0.6) is 0 Å². The van der Waals surface area contributed by atoms with Crippen molar-refractivity contribution in [3.05, 3.63) is 164 Å². The molecule has 0 atom stereocenters. The van der Waals surface area contributed by atoms with Gasteiger partial charge in [0, 0.05) is 37.9 Å². The topological polar surface area (TPSA) is 38.9 Å². The van der Waals surface area contributed by atoms with E-state index in [1.807, 2.05) is 48.8 Å². The molecule has 51 heavy (non-hydrogen) atoms. The molecule has 5 heteroatoms. The van der Waals surface area contributed by atoms with Gasteiger partial charge in [0.1, 0.15) is 5.58 Å². The molecule has 5 aromatic carbocycles. The summed E-state index contributed by atoms with van der Waals surface area (Å²) in [7, 11) is -1.23. The number of rotatable bonds is 6. The molecule has 0 bridgehead atoms. The van der Waals surface area contributed by atoms with E-state index in [-0.39, 0.29) is 20.1 Å². The van der Waals surface area contributed by atoms with Gasteiger partial charge in [-0.3, -0.25) is 0 Å². The molecule has 1 radical (unpaired) electrons. The molecule has 0 unspecified atom stereocenters. The minimum Gasteiger partial charge on any atom is -0.501 e. The molecule has 0 spiro atoms. The predicted octanol–water partition coefficient (Wildman–Crippen LogP) is 12.0. The van der Waals surface area contributed by atoms with Gasteiger partial charge in [-0.05, 0) is 62.9 Å². The summed E-state index contributed by atoms with van der Waals surface area (Å²) in [5, 5.41) is 3.59. The fourth-order valence-corrected chi connectivity index (χ4v) is 7.12. The van der Waals surface area contributed by atoms with Crippen LogP contribution in [0.3, 0.4) is 0 Å². The van der Waals surface area contributed by atoms with Crippen LogP contribution in [0.25, 0.3) is 66.7 Å². The van der Waals surface area contributed by atoms with E-state index < -0.39 is 8.07 Å². The van der Waals surface area contributed by atoms with E-state index in [4.69, 9.17) is 4.42 Å². The molecular formula is C46H40IrN2OSi-2. The average molecular weight is 857 g/mol. The second kappa shape index (κ2) is 15.5. The monoisotopic (exact) mass is 857 g/mol. The first kappa shape index (κ1) is 35.9. The Balaban J connectivity index is 0.000000222. The molecule has 0 aliphatic heterocycles. The van der Waals surface area contributed by atoms with Crippen LogP contribution in [0.2, 0.25) is 19.6 Å². The molecule has 0 amide bonds. The smallest absolute Gasteiger partial charge is 0.120 e. The number of fused-ring (bicyclic) bond motifs is 3. The maximum Gasteiger partial charge on any atom is 0.120 e. The summed E-state index contributed by atoms with van der Waals surface area (Å²) in [6.07, 6.45) is 3.89. The standard InChI is InChI=1S/C32H24NO.C14H16NSi.Ir/c1-21(2)25-17-18-33-30(20-25)28-10-6-9-27-29-19-26(15-16-31(29)34-32(27)28)24-13-11-23(12-14-24)22-7-4-3-5-8-22;1-16(2,3)13-9-10-14(15-11-13)12-7-5-4-6-8-12;/h3-9,11-21H,1-2H3;4-7,9-11H,1-3H3;/q2*-1;.